The predicted octanol–water partition coefficient (Wildman–Crippen LogP) is 2.65. The van der Waals surface area contributed by atoms with E-state index >= 15 is 0 Å². The van der Waals surface area contributed by atoms with Crippen LogP contribution in [0.4, 0.5) is 10.1 Å². The molecule has 0 unspecified atom stereocenters. The Morgan fingerprint density at radius 1 is 1.50 bits per heavy atom. The van der Waals surface area contributed by atoms with Crippen LogP contribution in [0, 0.1) is 15.9 Å². The van der Waals surface area contributed by atoms with Gasteiger partial charge in [0.2, 0.25) is 5.82 Å². The zero-order chi connectivity index (χ0) is 12.1. The van der Waals surface area contributed by atoms with Crippen LogP contribution < -0.4 is 0 Å². The standard InChI is InChI=1S/C11H12FNO3/c1-2-9(14)7-6-8-4-3-5-10(11(8)12)13(15)16/h3-5H,2,6-7H2,1H3. The summed E-state index contributed by atoms with van der Waals surface area (Å²) in [6.07, 6.45) is 0.825. The highest BCUT2D eigenvalue weighted by Gasteiger charge is 2.17. The van der Waals surface area contributed by atoms with E-state index in [1.807, 2.05) is 0 Å². The third kappa shape index (κ3) is 2.85. The number of Topliss-reactive ketones (excluding diaryl/α,β-unsaturated/α-hetero) is 1. The van der Waals surface area contributed by atoms with Crippen LogP contribution in [0.5, 0.6) is 0 Å². The second kappa shape index (κ2) is 5.34. The smallest absolute Gasteiger partial charge is 0.300 e. The van der Waals surface area contributed by atoms with Gasteiger partial charge in [-0.3, -0.25) is 14.9 Å². The molecule has 0 radical (unpaired) electrons. The van der Waals surface area contributed by atoms with Crippen LogP contribution in [-0.2, 0) is 11.2 Å². The summed E-state index contributed by atoms with van der Waals surface area (Å²) < 4.78 is 13.5. The van der Waals surface area contributed by atoms with Crippen molar-refractivity contribution in [3.8, 4) is 0 Å². The van der Waals surface area contributed by atoms with Gasteiger partial charge in [-0.2, -0.15) is 4.39 Å². The highest BCUT2D eigenvalue weighted by molar-refractivity contribution is 5.78. The van der Waals surface area contributed by atoms with Crippen molar-refractivity contribution in [1.82, 2.24) is 0 Å². The fourth-order valence-electron chi connectivity index (χ4n) is 1.35. The van der Waals surface area contributed by atoms with Crippen molar-refractivity contribution in [1.29, 1.82) is 0 Å². The molecule has 0 N–H and O–H groups in total. The lowest BCUT2D eigenvalue weighted by atomic mass is 10.1. The summed E-state index contributed by atoms with van der Waals surface area (Å²) in [6, 6.07) is 4.00. The number of nitro benzene ring substituents is 1. The van der Waals surface area contributed by atoms with Gasteiger partial charge >= 0.3 is 5.69 Å². The number of rotatable bonds is 5. The zero-order valence-electron chi connectivity index (χ0n) is 8.90. The van der Waals surface area contributed by atoms with Crippen molar-refractivity contribution in [2.75, 3.05) is 0 Å². The lowest BCUT2D eigenvalue weighted by Gasteiger charge is -2.02. The molecular formula is C11H12FNO3. The Morgan fingerprint density at radius 3 is 2.75 bits per heavy atom. The van der Waals surface area contributed by atoms with E-state index in [0.717, 1.165) is 6.07 Å². The largest absolute Gasteiger partial charge is 0.305 e. The van der Waals surface area contributed by atoms with Crippen LogP contribution in [0.2, 0.25) is 0 Å². The topological polar surface area (TPSA) is 60.2 Å². The Kier molecular flexibility index (Phi) is 4.10. The van der Waals surface area contributed by atoms with Gasteiger partial charge in [0.25, 0.3) is 0 Å². The van der Waals surface area contributed by atoms with Gasteiger partial charge in [0, 0.05) is 18.9 Å². The molecule has 0 saturated heterocycles. The third-order valence-electron chi connectivity index (χ3n) is 2.32. The summed E-state index contributed by atoms with van der Waals surface area (Å²) in [5, 5.41) is 10.5. The lowest BCUT2D eigenvalue weighted by Crippen LogP contribution is -2.01. The number of carbonyl (C=O) groups excluding carboxylic acids is 1. The highest BCUT2D eigenvalue weighted by atomic mass is 19.1. The maximum Gasteiger partial charge on any atom is 0.305 e. The van der Waals surface area contributed by atoms with E-state index in [2.05, 4.69) is 0 Å². The second-order valence-electron chi connectivity index (χ2n) is 3.40. The van der Waals surface area contributed by atoms with Crippen molar-refractivity contribution in [3.63, 3.8) is 0 Å². The molecule has 0 aromatic heterocycles. The van der Waals surface area contributed by atoms with Crippen LogP contribution in [0.25, 0.3) is 0 Å². The summed E-state index contributed by atoms with van der Waals surface area (Å²) in [5.74, 6) is -0.817. The first-order valence-electron chi connectivity index (χ1n) is 4.99. The number of halogens is 1. The molecule has 1 aromatic carbocycles. The van der Waals surface area contributed by atoms with Crippen LogP contribution in [0.1, 0.15) is 25.3 Å². The number of benzene rings is 1. The Labute approximate surface area is 92.2 Å². The molecule has 1 aromatic rings. The number of nitrogens with zero attached hydrogens (tertiary/aromatic N) is 1. The van der Waals surface area contributed by atoms with Crippen molar-refractivity contribution >= 4 is 11.5 Å². The molecule has 0 atom stereocenters. The van der Waals surface area contributed by atoms with E-state index < -0.39 is 16.4 Å². The van der Waals surface area contributed by atoms with E-state index in [0.29, 0.717) is 6.42 Å². The minimum atomic E-state index is -0.837. The number of hydrogen-bond acceptors (Lipinski definition) is 3. The summed E-state index contributed by atoms with van der Waals surface area (Å²) in [4.78, 5) is 20.8. The molecule has 5 heteroatoms. The van der Waals surface area contributed by atoms with Gasteiger partial charge in [-0.15, -0.1) is 0 Å². The summed E-state index contributed by atoms with van der Waals surface area (Å²) in [5.41, 5.74) is -0.322. The van der Waals surface area contributed by atoms with Crippen LogP contribution in [-0.4, -0.2) is 10.7 Å². The summed E-state index contributed by atoms with van der Waals surface area (Å²) in [6.45, 7) is 1.73. The highest BCUT2D eigenvalue weighted by Crippen LogP contribution is 2.21. The molecule has 0 saturated carbocycles. The number of nitro groups is 1. The van der Waals surface area contributed by atoms with Crippen molar-refractivity contribution < 1.29 is 14.1 Å². The molecule has 16 heavy (non-hydrogen) atoms. The number of aryl methyl sites for hydroxylation is 1. The molecule has 4 nitrogen and oxygen atoms in total. The third-order valence-corrected chi connectivity index (χ3v) is 2.32. The normalized spacial score (nSPS) is 10.1. The molecule has 0 amide bonds. The van der Waals surface area contributed by atoms with Gasteiger partial charge in [-0.25, -0.2) is 0 Å². The van der Waals surface area contributed by atoms with Gasteiger partial charge < -0.3 is 0 Å². The first-order valence-corrected chi connectivity index (χ1v) is 4.99. The van der Waals surface area contributed by atoms with Crippen LogP contribution in [0.15, 0.2) is 18.2 Å². The molecular weight excluding hydrogens is 213 g/mol. The summed E-state index contributed by atoms with van der Waals surface area (Å²) in [7, 11) is 0. The monoisotopic (exact) mass is 225 g/mol. The molecule has 0 spiro atoms. The van der Waals surface area contributed by atoms with E-state index in [4.69, 9.17) is 0 Å². The molecule has 0 heterocycles. The molecule has 0 bridgehead atoms. The molecule has 1 rings (SSSR count). The molecule has 86 valence electrons. The minimum absolute atomic E-state index is 0.0194. The first kappa shape index (κ1) is 12.3. The average molecular weight is 225 g/mol. The van der Waals surface area contributed by atoms with Crippen molar-refractivity contribution in [3.05, 3.63) is 39.7 Å². The fourth-order valence-corrected chi connectivity index (χ4v) is 1.35. The van der Waals surface area contributed by atoms with E-state index in [9.17, 15) is 19.3 Å². The zero-order valence-corrected chi connectivity index (χ0v) is 8.90. The fraction of sp³-hybridized carbons (Fsp3) is 0.364. The van der Waals surface area contributed by atoms with Crippen LogP contribution in [0.3, 0.4) is 0 Å². The molecule has 0 aliphatic rings. The Hall–Kier alpha value is -1.78. The molecule has 0 aliphatic carbocycles. The van der Waals surface area contributed by atoms with Gasteiger partial charge in [0.05, 0.1) is 4.92 Å². The molecule has 0 fully saturated rings. The first-order chi connectivity index (χ1) is 7.56. The Bertz CT molecular complexity index is 418. The Morgan fingerprint density at radius 2 is 2.19 bits per heavy atom. The number of ketones is 1. The average Bonchev–Trinajstić information content (AvgIpc) is 2.26. The van der Waals surface area contributed by atoms with Crippen LogP contribution >= 0.6 is 0 Å². The lowest BCUT2D eigenvalue weighted by molar-refractivity contribution is -0.387. The predicted molar refractivity (Wildman–Crippen MR) is 56.7 cm³/mol. The number of hydrogen-bond donors (Lipinski definition) is 0. The van der Waals surface area contributed by atoms with Gasteiger partial charge in [0.15, 0.2) is 0 Å². The maximum absolute atomic E-state index is 13.5. The molecule has 0 aliphatic heterocycles. The van der Waals surface area contributed by atoms with Crippen molar-refractivity contribution in [2.24, 2.45) is 0 Å². The van der Waals surface area contributed by atoms with E-state index in [-0.39, 0.29) is 24.2 Å². The summed E-state index contributed by atoms with van der Waals surface area (Å²) >= 11 is 0. The minimum Gasteiger partial charge on any atom is -0.300 e. The van der Waals surface area contributed by atoms with Gasteiger partial charge in [-0.05, 0) is 12.0 Å². The number of carbonyl (C=O) groups is 1. The Balaban J connectivity index is 2.85. The van der Waals surface area contributed by atoms with Crippen molar-refractivity contribution in [2.45, 2.75) is 26.2 Å². The van der Waals surface area contributed by atoms with E-state index in [1.165, 1.54) is 12.1 Å². The van der Waals surface area contributed by atoms with Gasteiger partial charge in [0.1, 0.15) is 5.78 Å². The van der Waals surface area contributed by atoms with Gasteiger partial charge in [-0.1, -0.05) is 19.1 Å². The van der Waals surface area contributed by atoms with E-state index in [1.54, 1.807) is 6.92 Å². The maximum atomic E-state index is 13.5. The quantitative estimate of drug-likeness (QED) is 0.571. The SMILES string of the molecule is CCC(=O)CCc1cccc([N+](=O)[O-])c1F. The second-order valence-corrected chi connectivity index (χ2v) is 3.40.